The highest BCUT2D eigenvalue weighted by Gasteiger charge is 2.20. The van der Waals surface area contributed by atoms with Gasteiger partial charge in [0.15, 0.2) is 0 Å². The van der Waals surface area contributed by atoms with Gasteiger partial charge in [-0.3, -0.25) is 9.78 Å². The van der Waals surface area contributed by atoms with Gasteiger partial charge < -0.3 is 20.3 Å². The van der Waals surface area contributed by atoms with Crippen molar-refractivity contribution >= 4 is 39.8 Å². The molecule has 0 atom stereocenters. The van der Waals surface area contributed by atoms with Gasteiger partial charge in [0, 0.05) is 61.7 Å². The Morgan fingerprint density at radius 3 is 2.61 bits per heavy atom. The van der Waals surface area contributed by atoms with Crippen LogP contribution in [0.2, 0.25) is 0 Å². The highest BCUT2D eigenvalue weighted by Crippen LogP contribution is 2.37. The third kappa shape index (κ3) is 4.80. The van der Waals surface area contributed by atoms with Crippen LogP contribution in [0.5, 0.6) is 0 Å². The van der Waals surface area contributed by atoms with E-state index in [9.17, 15) is 9.18 Å². The molecule has 0 radical (unpaired) electrons. The van der Waals surface area contributed by atoms with Crippen LogP contribution in [-0.4, -0.2) is 47.2 Å². The Balaban J connectivity index is 1.67. The molecule has 0 bridgehead atoms. The molecule has 0 unspecified atom stereocenters. The first-order chi connectivity index (χ1) is 17.4. The van der Waals surface area contributed by atoms with E-state index in [1.165, 1.54) is 13.0 Å². The number of carbonyl (C=O) groups excluding carboxylic acids is 1. The summed E-state index contributed by atoms with van der Waals surface area (Å²) in [6.45, 7) is 5.62. The minimum absolute atomic E-state index is 0.152. The van der Waals surface area contributed by atoms with Crippen LogP contribution in [0.1, 0.15) is 12.5 Å². The Kier molecular flexibility index (Phi) is 6.43. The normalized spacial score (nSPS) is 13.6. The van der Waals surface area contributed by atoms with Crippen LogP contribution in [0, 0.1) is 18.6 Å². The van der Waals surface area contributed by atoms with Gasteiger partial charge in [0.25, 0.3) is 0 Å². The van der Waals surface area contributed by atoms with E-state index in [0.717, 1.165) is 6.07 Å². The van der Waals surface area contributed by atoms with Gasteiger partial charge in [0.05, 0.1) is 41.2 Å². The van der Waals surface area contributed by atoms with Crippen LogP contribution >= 0.6 is 0 Å². The molecule has 1 aliphatic rings. The van der Waals surface area contributed by atoms with E-state index in [0.29, 0.717) is 66.3 Å². The maximum absolute atomic E-state index is 15.1. The van der Waals surface area contributed by atoms with Crippen molar-refractivity contribution < 1.29 is 18.3 Å². The average Bonchev–Trinajstić information content (AvgIpc) is 2.86. The van der Waals surface area contributed by atoms with Gasteiger partial charge in [-0.1, -0.05) is 6.07 Å². The highest BCUT2D eigenvalue weighted by molar-refractivity contribution is 5.98. The fourth-order valence-corrected chi connectivity index (χ4v) is 4.25. The van der Waals surface area contributed by atoms with Crippen LogP contribution in [0.3, 0.4) is 0 Å². The number of pyridine rings is 3. The first kappa shape index (κ1) is 23.6. The van der Waals surface area contributed by atoms with Crippen LogP contribution in [-0.2, 0) is 9.53 Å². The topological polar surface area (TPSA) is 92.3 Å². The molecular formula is C26H24F2N6O2. The van der Waals surface area contributed by atoms with Crippen molar-refractivity contribution in [3.05, 3.63) is 65.9 Å². The van der Waals surface area contributed by atoms with E-state index in [-0.39, 0.29) is 16.8 Å². The first-order valence-electron chi connectivity index (χ1n) is 11.5. The monoisotopic (exact) mass is 490 g/mol. The zero-order valence-corrected chi connectivity index (χ0v) is 19.8. The molecule has 10 heteroatoms. The fourth-order valence-electron chi connectivity index (χ4n) is 4.25. The van der Waals surface area contributed by atoms with Crippen molar-refractivity contribution in [3.8, 4) is 11.4 Å². The standard InChI is InChI=1S/C26H24F2N6O2/c1-15-25(20-5-3-4-6-29-20)32-21-12-17(27)11-19(28)24(21)26(15)31-18-13-22(30-16(2)35)33-23(14-18)34-7-9-36-10-8-34/h3-6,11-14H,7-10H2,1-2H3,(H2,30,31,32,33,35). The first-order valence-corrected chi connectivity index (χ1v) is 11.5. The zero-order chi connectivity index (χ0) is 25.2. The number of nitrogens with zero attached hydrogens (tertiary/aromatic N) is 4. The van der Waals surface area contributed by atoms with Crippen LogP contribution in [0.25, 0.3) is 22.3 Å². The second-order valence-electron chi connectivity index (χ2n) is 8.46. The number of benzene rings is 1. The summed E-state index contributed by atoms with van der Waals surface area (Å²) in [6.07, 6.45) is 1.64. The Hall–Kier alpha value is -4.18. The molecule has 5 rings (SSSR count). The molecule has 4 heterocycles. The van der Waals surface area contributed by atoms with E-state index in [4.69, 9.17) is 4.74 Å². The minimum atomic E-state index is -0.736. The Morgan fingerprint density at radius 2 is 1.89 bits per heavy atom. The van der Waals surface area contributed by atoms with Crippen molar-refractivity contribution in [2.45, 2.75) is 13.8 Å². The molecule has 1 fully saturated rings. The van der Waals surface area contributed by atoms with Gasteiger partial charge in [-0.15, -0.1) is 0 Å². The van der Waals surface area contributed by atoms with E-state index >= 15 is 4.39 Å². The van der Waals surface area contributed by atoms with Crippen LogP contribution in [0.15, 0.2) is 48.7 Å². The summed E-state index contributed by atoms with van der Waals surface area (Å²) in [5.41, 5.74) is 2.86. The van der Waals surface area contributed by atoms with Gasteiger partial charge in [0.2, 0.25) is 5.91 Å². The van der Waals surface area contributed by atoms with E-state index in [2.05, 4.69) is 25.6 Å². The number of hydrogen-bond acceptors (Lipinski definition) is 7. The van der Waals surface area contributed by atoms with Crippen LogP contribution < -0.4 is 15.5 Å². The molecule has 0 saturated carbocycles. The number of hydrogen-bond donors (Lipinski definition) is 2. The fraction of sp³-hybridized carbons (Fsp3) is 0.231. The largest absolute Gasteiger partial charge is 0.378 e. The second kappa shape index (κ2) is 9.82. The maximum Gasteiger partial charge on any atom is 0.222 e. The van der Waals surface area contributed by atoms with Gasteiger partial charge >= 0.3 is 0 Å². The Bertz CT molecular complexity index is 1440. The SMILES string of the molecule is CC(=O)Nc1cc(Nc2c(C)c(-c3ccccn3)nc3cc(F)cc(F)c23)cc(N2CCOCC2)n1. The third-order valence-corrected chi connectivity index (χ3v) is 5.87. The Labute approximate surface area is 206 Å². The lowest BCUT2D eigenvalue weighted by Crippen LogP contribution is -2.36. The minimum Gasteiger partial charge on any atom is -0.378 e. The molecule has 4 aromatic rings. The lowest BCUT2D eigenvalue weighted by molar-refractivity contribution is -0.114. The van der Waals surface area contributed by atoms with E-state index < -0.39 is 11.6 Å². The molecule has 36 heavy (non-hydrogen) atoms. The molecule has 2 N–H and O–H groups in total. The summed E-state index contributed by atoms with van der Waals surface area (Å²) in [7, 11) is 0. The molecule has 1 amide bonds. The number of anilines is 4. The highest BCUT2D eigenvalue weighted by atomic mass is 19.1. The molecule has 1 aliphatic heterocycles. The predicted octanol–water partition coefficient (Wildman–Crippen LogP) is 4.82. The molecule has 0 aliphatic carbocycles. The lowest BCUT2D eigenvalue weighted by atomic mass is 10.0. The molecule has 0 spiro atoms. The number of morpholine rings is 1. The number of rotatable bonds is 5. The number of fused-ring (bicyclic) bond motifs is 1. The summed E-state index contributed by atoms with van der Waals surface area (Å²) in [5, 5.41) is 6.18. The number of halogens is 2. The molecular weight excluding hydrogens is 466 g/mol. The summed E-state index contributed by atoms with van der Waals surface area (Å²) in [6, 6.07) is 10.9. The number of ether oxygens (including phenoxy) is 1. The number of amides is 1. The Morgan fingerprint density at radius 1 is 1.08 bits per heavy atom. The predicted molar refractivity (Wildman–Crippen MR) is 134 cm³/mol. The van der Waals surface area contributed by atoms with Gasteiger partial charge in [-0.05, 0) is 19.1 Å². The smallest absolute Gasteiger partial charge is 0.222 e. The summed E-state index contributed by atoms with van der Waals surface area (Å²) < 4.78 is 34.7. The lowest BCUT2D eigenvalue weighted by Gasteiger charge is -2.28. The van der Waals surface area contributed by atoms with Gasteiger partial charge in [0.1, 0.15) is 23.3 Å². The molecule has 3 aromatic heterocycles. The van der Waals surface area contributed by atoms with Crippen molar-refractivity contribution in [3.63, 3.8) is 0 Å². The van der Waals surface area contributed by atoms with Gasteiger partial charge in [-0.2, -0.15) is 0 Å². The van der Waals surface area contributed by atoms with E-state index in [1.807, 2.05) is 17.0 Å². The molecule has 184 valence electrons. The van der Waals surface area contributed by atoms with Crippen molar-refractivity contribution in [1.82, 2.24) is 15.0 Å². The number of carbonyl (C=O) groups is 1. The quantitative estimate of drug-likeness (QED) is 0.415. The average molecular weight is 491 g/mol. The molecule has 1 aromatic carbocycles. The number of aromatic nitrogens is 3. The van der Waals surface area contributed by atoms with Crippen molar-refractivity contribution in [1.29, 1.82) is 0 Å². The van der Waals surface area contributed by atoms with E-state index in [1.54, 1.807) is 31.3 Å². The molecule has 8 nitrogen and oxygen atoms in total. The maximum atomic E-state index is 15.1. The van der Waals surface area contributed by atoms with Gasteiger partial charge in [-0.25, -0.2) is 18.7 Å². The number of nitrogens with one attached hydrogen (secondary N) is 2. The summed E-state index contributed by atoms with van der Waals surface area (Å²) >= 11 is 0. The van der Waals surface area contributed by atoms with Crippen molar-refractivity contribution in [2.75, 3.05) is 41.8 Å². The zero-order valence-electron chi connectivity index (χ0n) is 19.8. The second-order valence-corrected chi connectivity index (χ2v) is 8.46. The third-order valence-electron chi connectivity index (χ3n) is 5.87. The summed E-state index contributed by atoms with van der Waals surface area (Å²) in [5.74, 6) is -0.737. The molecule has 1 saturated heterocycles. The van der Waals surface area contributed by atoms with Crippen molar-refractivity contribution in [2.24, 2.45) is 0 Å². The summed E-state index contributed by atoms with van der Waals surface area (Å²) in [4.78, 5) is 27.3. The van der Waals surface area contributed by atoms with Crippen LogP contribution in [0.4, 0.5) is 31.8 Å².